The molecule has 0 aliphatic carbocycles. The Hall–Kier alpha value is -1.36. The fourth-order valence-electron chi connectivity index (χ4n) is 2.21. The number of aromatic nitrogens is 2. The third kappa shape index (κ3) is 3.32. The summed E-state index contributed by atoms with van der Waals surface area (Å²) in [6.45, 7) is 8.61. The third-order valence-corrected chi connectivity index (χ3v) is 3.06. The van der Waals surface area contributed by atoms with Crippen LogP contribution < -0.4 is 10.6 Å². The summed E-state index contributed by atoms with van der Waals surface area (Å²) in [5, 5.41) is 6.63. The molecule has 1 unspecified atom stereocenters. The summed E-state index contributed by atoms with van der Waals surface area (Å²) < 4.78 is 5.54. The normalized spacial score (nSPS) is 23.7. The third-order valence-electron chi connectivity index (χ3n) is 3.06. The molecule has 2 N–H and O–H groups in total. The van der Waals surface area contributed by atoms with Crippen LogP contribution >= 0.6 is 0 Å². The summed E-state index contributed by atoms with van der Waals surface area (Å²) in [5.74, 6) is 1.55. The summed E-state index contributed by atoms with van der Waals surface area (Å²) >= 11 is 0. The Morgan fingerprint density at radius 2 is 2.28 bits per heavy atom. The van der Waals surface area contributed by atoms with Gasteiger partial charge in [-0.1, -0.05) is 0 Å². The number of hydrogen-bond acceptors (Lipinski definition) is 5. The van der Waals surface area contributed by atoms with Gasteiger partial charge in [-0.15, -0.1) is 0 Å². The highest BCUT2D eigenvalue weighted by Crippen LogP contribution is 2.23. The van der Waals surface area contributed by atoms with Crippen molar-refractivity contribution in [1.82, 2.24) is 9.97 Å². The average molecular weight is 250 g/mol. The minimum Gasteiger partial charge on any atom is -0.379 e. The molecule has 0 saturated carbocycles. The average Bonchev–Trinajstić information content (AvgIpc) is 2.28. The highest BCUT2D eigenvalue weighted by molar-refractivity contribution is 5.44. The van der Waals surface area contributed by atoms with Crippen molar-refractivity contribution in [2.24, 2.45) is 0 Å². The first kappa shape index (κ1) is 13.1. The molecule has 100 valence electrons. The topological polar surface area (TPSA) is 59.1 Å². The van der Waals surface area contributed by atoms with Gasteiger partial charge in [0.25, 0.3) is 0 Å². The molecule has 1 saturated heterocycles. The van der Waals surface area contributed by atoms with Crippen LogP contribution in [-0.2, 0) is 4.74 Å². The molecule has 18 heavy (non-hydrogen) atoms. The molecule has 1 aromatic rings. The fraction of sp³-hybridized carbons (Fsp3) is 0.692. The number of ether oxygens (including phenoxy) is 1. The van der Waals surface area contributed by atoms with Crippen LogP contribution in [0.5, 0.6) is 0 Å². The zero-order valence-electron chi connectivity index (χ0n) is 11.4. The molecule has 2 rings (SSSR count). The molecule has 1 aromatic heterocycles. The summed E-state index contributed by atoms with van der Waals surface area (Å²) in [6.07, 6.45) is 2.19. The van der Waals surface area contributed by atoms with Crippen LogP contribution in [0.15, 0.2) is 6.07 Å². The Morgan fingerprint density at radius 1 is 1.44 bits per heavy atom. The van der Waals surface area contributed by atoms with E-state index in [0.717, 1.165) is 44.1 Å². The lowest BCUT2D eigenvalue weighted by Crippen LogP contribution is -2.43. The van der Waals surface area contributed by atoms with Gasteiger partial charge in [0.2, 0.25) is 5.95 Å². The van der Waals surface area contributed by atoms with E-state index in [1.54, 1.807) is 0 Å². The van der Waals surface area contributed by atoms with Gasteiger partial charge in [0.05, 0.1) is 12.1 Å². The standard InChI is InChI=1S/C13H22N4O/c1-4-14-12-15-10(2)8-11(16-12)17-13(3)6-5-7-18-9-13/h8H,4-7,9H2,1-3H3,(H2,14,15,16,17). The van der Waals surface area contributed by atoms with Crippen molar-refractivity contribution in [2.75, 3.05) is 30.4 Å². The molecule has 5 heteroatoms. The van der Waals surface area contributed by atoms with E-state index in [9.17, 15) is 0 Å². The molecule has 5 nitrogen and oxygen atoms in total. The molecule has 0 amide bonds. The molecule has 1 aliphatic heterocycles. The molecule has 1 fully saturated rings. The molecule has 1 aliphatic rings. The fourth-order valence-corrected chi connectivity index (χ4v) is 2.21. The van der Waals surface area contributed by atoms with Crippen LogP contribution in [0.1, 0.15) is 32.4 Å². The zero-order valence-corrected chi connectivity index (χ0v) is 11.4. The first-order chi connectivity index (χ1) is 8.61. The predicted molar refractivity (Wildman–Crippen MR) is 73.0 cm³/mol. The summed E-state index contributed by atoms with van der Waals surface area (Å²) in [4.78, 5) is 8.82. The summed E-state index contributed by atoms with van der Waals surface area (Å²) in [5.41, 5.74) is 0.937. The maximum absolute atomic E-state index is 5.54. The second-order valence-electron chi connectivity index (χ2n) is 5.09. The minimum atomic E-state index is -0.0253. The lowest BCUT2D eigenvalue weighted by Gasteiger charge is -2.34. The minimum absolute atomic E-state index is 0.0253. The van der Waals surface area contributed by atoms with Crippen LogP contribution in [-0.4, -0.2) is 35.3 Å². The van der Waals surface area contributed by atoms with Crippen molar-refractivity contribution in [3.05, 3.63) is 11.8 Å². The Kier molecular flexibility index (Phi) is 4.01. The lowest BCUT2D eigenvalue weighted by atomic mass is 9.95. The first-order valence-electron chi connectivity index (χ1n) is 6.57. The second-order valence-corrected chi connectivity index (χ2v) is 5.09. The quantitative estimate of drug-likeness (QED) is 0.858. The number of rotatable bonds is 4. The molecule has 0 radical (unpaired) electrons. The Balaban J connectivity index is 2.12. The molecule has 2 heterocycles. The van der Waals surface area contributed by atoms with Gasteiger partial charge < -0.3 is 15.4 Å². The van der Waals surface area contributed by atoms with E-state index < -0.39 is 0 Å². The largest absolute Gasteiger partial charge is 0.379 e. The van der Waals surface area contributed by atoms with E-state index >= 15 is 0 Å². The number of nitrogens with one attached hydrogen (secondary N) is 2. The molecular formula is C13H22N4O. The summed E-state index contributed by atoms with van der Waals surface area (Å²) in [7, 11) is 0. The van der Waals surface area contributed by atoms with Crippen molar-refractivity contribution in [3.8, 4) is 0 Å². The Morgan fingerprint density at radius 3 is 2.94 bits per heavy atom. The monoisotopic (exact) mass is 250 g/mol. The van der Waals surface area contributed by atoms with E-state index in [2.05, 4.69) is 27.5 Å². The van der Waals surface area contributed by atoms with Gasteiger partial charge in [-0.2, -0.15) is 4.98 Å². The summed E-state index contributed by atoms with van der Waals surface area (Å²) in [6, 6.07) is 1.97. The number of anilines is 2. The Labute approximate surface area is 108 Å². The van der Waals surface area contributed by atoms with Crippen molar-refractivity contribution < 1.29 is 4.74 Å². The van der Waals surface area contributed by atoms with Crippen molar-refractivity contribution in [1.29, 1.82) is 0 Å². The van der Waals surface area contributed by atoms with Crippen molar-refractivity contribution in [3.63, 3.8) is 0 Å². The van der Waals surface area contributed by atoms with Gasteiger partial charge in [-0.25, -0.2) is 4.98 Å². The van der Waals surface area contributed by atoms with Crippen LogP contribution in [0.4, 0.5) is 11.8 Å². The zero-order chi connectivity index (χ0) is 13.0. The number of hydrogen-bond donors (Lipinski definition) is 2. The van der Waals surface area contributed by atoms with Crippen LogP contribution in [0, 0.1) is 6.92 Å². The van der Waals surface area contributed by atoms with Gasteiger partial charge in [0.15, 0.2) is 0 Å². The highest BCUT2D eigenvalue weighted by atomic mass is 16.5. The molecule has 0 bridgehead atoms. The number of aryl methyl sites for hydroxylation is 1. The SMILES string of the molecule is CCNc1nc(C)cc(NC2(C)CCCOC2)n1. The van der Waals surface area contributed by atoms with Gasteiger partial charge >= 0.3 is 0 Å². The molecule has 0 aromatic carbocycles. The van der Waals surface area contributed by atoms with E-state index in [1.165, 1.54) is 0 Å². The molecule has 0 spiro atoms. The van der Waals surface area contributed by atoms with Gasteiger partial charge in [-0.05, 0) is 33.6 Å². The van der Waals surface area contributed by atoms with E-state index in [0.29, 0.717) is 5.95 Å². The van der Waals surface area contributed by atoms with E-state index in [1.807, 2.05) is 19.9 Å². The van der Waals surface area contributed by atoms with Crippen LogP contribution in [0.25, 0.3) is 0 Å². The molecule has 1 atom stereocenters. The van der Waals surface area contributed by atoms with Gasteiger partial charge in [0, 0.05) is 24.9 Å². The first-order valence-corrected chi connectivity index (χ1v) is 6.57. The Bertz CT molecular complexity index is 402. The lowest BCUT2D eigenvalue weighted by molar-refractivity contribution is 0.0539. The predicted octanol–water partition coefficient (Wildman–Crippen LogP) is 2.20. The van der Waals surface area contributed by atoms with E-state index in [-0.39, 0.29) is 5.54 Å². The van der Waals surface area contributed by atoms with Crippen LogP contribution in [0.2, 0.25) is 0 Å². The second kappa shape index (κ2) is 5.52. The smallest absolute Gasteiger partial charge is 0.224 e. The van der Waals surface area contributed by atoms with Gasteiger partial charge in [-0.3, -0.25) is 0 Å². The van der Waals surface area contributed by atoms with Crippen LogP contribution in [0.3, 0.4) is 0 Å². The maximum atomic E-state index is 5.54. The molecular weight excluding hydrogens is 228 g/mol. The highest BCUT2D eigenvalue weighted by Gasteiger charge is 2.27. The van der Waals surface area contributed by atoms with Gasteiger partial charge in [0.1, 0.15) is 5.82 Å². The van der Waals surface area contributed by atoms with Crippen molar-refractivity contribution in [2.45, 2.75) is 39.2 Å². The van der Waals surface area contributed by atoms with E-state index in [4.69, 9.17) is 4.74 Å². The number of nitrogens with zero attached hydrogens (tertiary/aromatic N) is 2. The maximum Gasteiger partial charge on any atom is 0.224 e. The van der Waals surface area contributed by atoms with Crippen molar-refractivity contribution >= 4 is 11.8 Å².